The van der Waals surface area contributed by atoms with Crippen molar-refractivity contribution in [2.75, 3.05) is 13.1 Å². The van der Waals surface area contributed by atoms with E-state index in [-0.39, 0.29) is 5.75 Å². The minimum atomic E-state index is -0.758. The highest BCUT2D eigenvalue weighted by Crippen LogP contribution is 2.15. The maximum Gasteiger partial charge on any atom is 0.115 e. The van der Waals surface area contributed by atoms with Crippen molar-refractivity contribution in [3.63, 3.8) is 0 Å². The van der Waals surface area contributed by atoms with Crippen molar-refractivity contribution in [3.8, 4) is 5.75 Å². The Morgan fingerprint density at radius 2 is 1.82 bits per heavy atom. The van der Waals surface area contributed by atoms with Gasteiger partial charge in [0.2, 0.25) is 0 Å². The van der Waals surface area contributed by atoms with Gasteiger partial charge in [-0.3, -0.25) is 0 Å². The lowest BCUT2D eigenvalue weighted by Crippen LogP contribution is -2.40. The Bertz CT molecular complexity index is 331. The average Bonchev–Trinajstić information content (AvgIpc) is 2.20. The quantitative estimate of drug-likeness (QED) is 0.708. The zero-order valence-corrected chi connectivity index (χ0v) is 10.9. The van der Waals surface area contributed by atoms with E-state index in [1.165, 1.54) is 0 Å². The van der Waals surface area contributed by atoms with E-state index in [9.17, 15) is 10.2 Å². The second-order valence-corrected chi connectivity index (χ2v) is 5.36. The van der Waals surface area contributed by atoms with Crippen molar-refractivity contribution >= 4 is 0 Å². The molecule has 0 aliphatic heterocycles. The van der Waals surface area contributed by atoms with E-state index >= 15 is 0 Å². The predicted molar refractivity (Wildman–Crippen MR) is 70.1 cm³/mol. The first-order chi connectivity index (χ1) is 7.89. The van der Waals surface area contributed by atoms with Gasteiger partial charge in [-0.05, 0) is 37.1 Å². The molecule has 3 N–H and O–H groups in total. The Balaban J connectivity index is 2.45. The van der Waals surface area contributed by atoms with Crippen LogP contribution in [-0.4, -0.2) is 28.9 Å². The summed E-state index contributed by atoms with van der Waals surface area (Å²) in [6, 6.07) is 6.97. The molecule has 0 bridgehead atoms. The van der Waals surface area contributed by atoms with Crippen LogP contribution in [0.4, 0.5) is 0 Å². The van der Waals surface area contributed by atoms with Crippen molar-refractivity contribution in [1.29, 1.82) is 0 Å². The Morgan fingerprint density at radius 3 is 2.35 bits per heavy atom. The molecule has 1 unspecified atom stereocenters. The van der Waals surface area contributed by atoms with E-state index in [0.717, 1.165) is 12.1 Å². The smallest absolute Gasteiger partial charge is 0.115 e. The first-order valence-electron chi connectivity index (χ1n) is 6.10. The summed E-state index contributed by atoms with van der Waals surface area (Å²) in [5, 5.41) is 22.7. The van der Waals surface area contributed by atoms with Gasteiger partial charge in [-0.15, -0.1) is 0 Å². The third kappa shape index (κ3) is 5.71. The van der Waals surface area contributed by atoms with Crippen LogP contribution >= 0.6 is 0 Å². The van der Waals surface area contributed by atoms with Crippen LogP contribution in [0.3, 0.4) is 0 Å². The van der Waals surface area contributed by atoms with Gasteiger partial charge in [0.15, 0.2) is 0 Å². The molecule has 3 nitrogen and oxygen atoms in total. The predicted octanol–water partition coefficient (Wildman–Crippen LogP) is 1.93. The monoisotopic (exact) mass is 237 g/mol. The molecular weight excluding hydrogens is 214 g/mol. The molecule has 0 saturated carbocycles. The molecule has 0 aliphatic carbocycles. The van der Waals surface area contributed by atoms with E-state index in [0.29, 0.717) is 18.9 Å². The van der Waals surface area contributed by atoms with E-state index < -0.39 is 5.60 Å². The molecule has 0 aliphatic rings. The summed E-state index contributed by atoms with van der Waals surface area (Å²) in [6.45, 7) is 7.59. The van der Waals surface area contributed by atoms with Gasteiger partial charge in [0.1, 0.15) is 5.75 Å². The largest absolute Gasteiger partial charge is 0.508 e. The average molecular weight is 237 g/mol. The van der Waals surface area contributed by atoms with E-state index in [2.05, 4.69) is 19.2 Å². The van der Waals surface area contributed by atoms with Gasteiger partial charge in [-0.1, -0.05) is 26.0 Å². The molecule has 1 atom stereocenters. The van der Waals surface area contributed by atoms with Gasteiger partial charge in [0, 0.05) is 13.0 Å². The standard InChI is InChI=1S/C14H23NO2/c1-11(2)9-15-10-14(3,17)8-12-4-6-13(16)7-5-12/h4-7,11,15-17H,8-10H2,1-3H3. The lowest BCUT2D eigenvalue weighted by Gasteiger charge is -2.24. The number of phenolic OH excluding ortho intramolecular Hbond substituents is 1. The van der Waals surface area contributed by atoms with Crippen molar-refractivity contribution in [2.24, 2.45) is 5.92 Å². The number of rotatable bonds is 6. The number of hydrogen-bond acceptors (Lipinski definition) is 3. The van der Waals surface area contributed by atoms with Crippen LogP contribution < -0.4 is 5.32 Å². The Labute approximate surface area is 103 Å². The van der Waals surface area contributed by atoms with Gasteiger partial charge in [0.05, 0.1) is 5.60 Å². The number of hydrogen-bond donors (Lipinski definition) is 3. The molecule has 17 heavy (non-hydrogen) atoms. The van der Waals surface area contributed by atoms with Crippen molar-refractivity contribution < 1.29 is 10.2 Å². The van der Waals surface area contributed by atoms with Crippen LogP contribution in [0.2, 0.25) is 0 Å². The van der Waals surface area contributed by atoms with E-state index in [1.54, 1.807) is 12.1 Å². The molecule has 1 rings (SSSR count). The van der Waals surface area contributed by atoms with Gasteiger partial charge in [-0.2, -0.15) is 0 Å². The molecular formula is C14H23NO2. The third-order valence-corrected chi connectivity index (χ3v) is 2.58. The first kappa shape index (κ1) is 14.0. The van der Waals surface area contributed by atoms with E-state index in [1.807, 2.05) is 19.1 Å². The van der Waals surface area contributed by atoms with Crippen LogP contribution in [0.15, 0.2) is 24.3 Å². The molecule has 0 amide bonds. The number of aromatic hydroxyl groups is 1. The first-order valence-corrected chi connectivity index (χ1v) is 6.10. The summed E-state index contributed by atoms with van der Waals surface area (Å²) in [5.41, 5.74) is 0.269. The van der Waals surface area contributed by atoms with Gasteiger partial charge in [-0.25, -0.2) is 0 Å². The number of benzene rings is 1. The molecule has 0 heterocycles. The number of nitrogens with one attached hydrogen (secondary N) is 1. The Kier molecular flexibility index (Phi) is 4.97. The zero-order chi connectivity index (χ0) is 12.9. The highest BCUT2D eigenvalue weighted by atomic mass is 16.3. The van der Waals surface area contributed by atoms with Crippen LogP contribution in [0, 0.1) is 5.92 Å². The van der Waals surface area contributed by atoms with E-state index in [4.69, 9.17) is 0 Å². The fourth-order valence-corrected chi connectivity index (χ4v) is 1.75. The van der Waals surface area contributed by atoms with Crippen LogP contribution in [0.5, 0.6) is 5.75 Å². The fraction of sp³-hybridized carbons (Fsp3) is 0.571. The summed E-state index contributed by atoms with van der Waals surface area (Å²) < 4.78 is 0. The Hall–Kier alpha value is -1.06. The second kappa shape index (κ2) is 6.03. The molecule has 1 aromatic rings. The molecule has 0 saturated heterocycles. The zero-order valence-electron chi connectivity index (χ0n) is 10.9. The van der Waals surface area contributed by atoms with Crippen molar-refractivity contribution in [2.45, 2.75) is 32.8 Å². The minimum absolute atomic E-state index is 0.256. The van der Waals surface area contributed by atoms with Gasteiger partial charge >= 0.3 is 0 Å². The molecule has 3 heteroatoms. The summed E-state index contributed by atoms with van der Waals surface area (Å²) in [7, 11) is 0. The van der Waals surface area contributed by atoms with Crippen LogP contribution in [-0.2, 0) is 6.42 Å². The summed E-state index contributed by atoms with van der Waals surface area (Å²) in [5.74, 6) is 0.839. The summed E-state index contributed by atoms with van der Waals surface area (Å²) >= 11 is 0. The molecule has 96 valence electrons. The van der Waals surface area contributed by atoms with Crippen molar-refractivity contribution in [1.82, 2.24) is 5.32 Å². The third-order valence-electron chi connectivity index (χ3n) is 2.58. The van der Waals surface area contributed by atoms with Crippen LogP contribution in [0.1, 0.15) is 26.3 Å². The summed E-state index contributed by atoms with van der Waals surface area (Å²) in [4.78, 5) is 0. The topological polar surface area (TPSA) is 52.5 Å². The highest BCUT2D eigenvalue weighted by Gasteiger charge is 2.20. The Morgan fingerprint density at radius 1 is 1.24 bits per heavy atom. The second-order valence-electron chi connectivity index (χ2n) is 5.36. The lowest BCUT2D eigenvalue weighted by molar-refractivity contribution is 0.0595. The lowest BCUT2D eigenvalue weighted by atomic mass is 9.96. The molecule has 0 aromatic heterocycles. The van der Waals surface area contributed by atoms with Gasteiger partial charge in [0.25, 0.3) is 0 Å². The molecule has 1 aromatic carbocycles. The number of aliphatic hydroxyl groups is 1. The summed E-state index contributed by atoms with van der Waals surface area (Å²) in [6.07, 6.45) is 0.582. The highest BCUT2D eigenvalue weighted by molar-refractivity contribution is 5.26. The maximum atomic E-state index is 10.2. The fourth-order valence-electron chi connectivity index (χ4n) is 1.75. The molecule has 0 fully saturated rings. The normalized spacial score (nSPS) is 14.9. The van der Waals surface area contributed by atoms with Crippen molar-refractivity contribution in [3.05, 3.63) is 29.8 Å². The van der Waals surface area contributed by atoms with Gasteiger partial charge < -0.3 is 15.5 Å². The SMILES string of the molecule is CC(C)CNCC(C)(O)Cc1ccc(O)cc1. The molecule has 0 radical (unpaired) electrons. The van der Waals surface area contributed by atoms with Crippen LogP contribution in [0.25, 0.3) is 0 Å². The molecule has 0 spiro atoms. The number of phenols is 1. The minimum Gasteiger partial charge on any atom is -0.508 e. The maximum absolute atomic E-state index is 10.2.